The Hall–Kier alpha value is -2.95. The van der Waals surface area contributed by atoms with Crippen molar-refractivity contribution in [2.45, 2.75) is 51.6 Å². The number of rotatable bonds is 9. The van der Waals surface area contributed by atoms with Crippen molar-refractivity contribution >= 4 is 17.6 Å². The van der Waals surface area contributed by atoms with Crippen molar-refractivity contribution in [1.82, 2.24) is 10.6 Å². The number of hydrogen-bond donors (Lipinski definition) is 2. The van der Waals surface area contributed by atoms with Crippen LogP contribution in [0, 0.1) is 0 Å². The molecule has 1 fully saturated rings. The first kappa shape index (κ1) is 19.8. The molecule has 0 bridgehead atoms. The van der Waals surface area contributed by atoms with E-state index in [1.807, 2.05) is 36.4 Å². The average molecular weight is 378 g/mol. The Morgan fingerprint density at radius 2 is 1.46 bits per heavy atom. The van der Waals surface area contributed by atoms with Crippen LogP contribution in [0.4, 0.5) is 0 Å². The van der Waals surface area contributed by atoms with Crippen LogP contribution in [-0.2, 0) is 17.8 Å². The Bertz CT molecular complexity index is 837. The van der Waals surface area contributed by atoms with Gasteiger partial charge in [-0.2, -0.15) is 0 Å². The van der Waals surface area contributed by atoms with E-state index in [2.05, 4.69) is 17.6 Å². The zero-order valence-corrected chi connectivity index (χ0v) is 16.2. The monoisotopic (exact) mass is 378 g/mol. The van der Waals surface area contributed by atoms with Crippen LogP contribution in [-0.4, -0.2) is 23.6 Å². The lowest BCUT2D eigenvalue weighted by molar-refractivity contribution is -0.121. The topological polar surface area (TPSA) is 75.3 Å². The van der Waals surface area contributed by atoms with Gasteiger partial charge in [0.1, 0.15) is 0 Å². The van der Waals surface area contributed by atoms with Crippen LogP contribution in [0.25, 0.3) is 0 Å². The summed E-state index contributed by atoms with van der Waals surface area (Å²) in [7, 11) is 0. The molecule has 0 radical (unpaired) electrons. The lowest BCUT2D eigenvalue weighted by atomic mass is 10.0. The third-order valence-electron chi connectivity index (χ3n) is 4.88. The number of carbonyl (C=O) groups is 3. The first-order chi connectivity index (χ1) is 13.5. The summed E-state index contributed by atoms with van der Waals surface area (Å²) in [6.07, 6.45) is 3.40. The number of Topliss-reactive ketones (excluding diaryl/α,β-unsaturated/α-hetero) is 1. The Labute approximate surface area is 165 Å². The van der Waals surface area contributed by atoms with E-state index in [0.717, 1.165) is 24.8 Å². The molecule has 1 saturated carbocycles. The van der Waals surface area contributed by atoms with Gasteiger partial charge in [-0.15, -0.1) is 0 Å². The highest BCUT2D eigenvalue weighted by atomic mass is 16.2. The van der Waals surface area contributed by atoms with Gasteiger partial charge >= 0.3 is 0 Å². The number of ketones is 1. The van der Waals surface area contributed by atoms with Crippen LogP contribution < -0.4 is 10.6 Å². The maximum absolute atomic E-state index is 12.2. The van der Waals surface area contributed by atoms with Gasteiger partial charge in [0, 0.05) is 36.6 Å². The lowest BCUT2D eigenvalue weighted by Crippen LogP contribution is -2.25. The highest BCUT2D eigenvalue weighted by Crippen LogP contribution is 2.19. The summed E-state index contributed by atoms with van der Waals surface area (Å²) in [5.41, 5.74) is 3.37. The van der Waals surface area contributed by atoms with Crippen LogP contribution in [0.5, 0.6) is 0 Å². The maximum Gasteiger partial charge on any atom is 0.251 e. The second-order valence-corrected chi connectivity index (χ2v) is 7.20. The molecular weight excluding hydrogens is 352 g/mol. The molecule has 0 saturated heterocycles. The van der Waals surface area contributed by atoms with Crippen LogP contribution in [0.1, 0.15) is 64.4 Å². The molecule has 0 aromatic heterocycles. The zero-order chi connectivity index (χ0) is 19.9. The first-order valence-electron chi connectivity index (χ1n) is 9.84. The van der Waals surface area contributed by atoms with Crippen LogP contribution in [0.15, 0.2) is 48.5 Å². The van der Waals surface area contributed by atoms with Gasteiger partial charge in [-0.05, 0) is 42.5 Å². The molecule has 2 amide bonds. The van der Waals surface area contributed by atoms with Gasteiger partial charge in [0.25, 0.3) is 5.91 Å². The minimum Gasteiger partial charge on any atom is -0.352 e. The Balaban J connectivity index is 1.40. The summed E-state index contributed by atoms with van der Waals surface area (Å²) >= 11 is 0. The molecule has 0 atom stereocenters. The molecule has 0 aliphatic heterocycles. The van der Waals surface area contributed by atoms with Crippen molar-refractivity contribution < 1.29 is 14.4 Å². The molecule has 3 rings (SSSR count). The molecule has 0 heterocycles. The van der Waals surface area contributed by atoms with Crippen molar-refractivity contribution in [3.05, 3.63) is 70.8 Å². The molecule has 28 heavy (non-hydrogen) atoms. The van der Waals surface area contributed by atoms with Crippen molar-refractivity contribution in [3.8, 4) is 0 Å². The normalized spacial score (nSPS) is 13.0. The summed E-state index contributed by atoms with van der Waals surface area (Å²) in [4.78, 5) is 36.2. The van der Waals surface area contributed by atoms with Crippen LogP contribution in [0.3, 0.4) is 0 Å². The van der Waals surface area contributed by atoms with Gasteiger partial charge in [0.2, 0.25) is 5.91 Å². The van der Waals surface area contributed by atoms with Crippen molar-refractivity contribution in [1.29, 1.82) is 0 Å². The fourth-order valence-corrected chi connectivity index (χ4v) is 2.86. The molecule has 0 spiro atoms. The number of nitrogens with one attached hydrogen (secondary N) is 2. The second-order valence-electron chi connectivity index (χ2n) is 7.20. The summed E-state index contributed by atoms with van der Waals surface area (Å²) in [6, 6.07) is 15.1. The molecule has 2 N–H and O–H groups in total. The van der Waals surface area contributed by atoms with Gasteiger partial charge in [0.15, 0.2) is 5.78 Å². The zero-order valence-electron chi connectivity index (χ0n) is 16.2. The fraction of sp³-hybridized carbons (Fsp3) is 0.348. The molecule has 2 aromatic rings. The predicted molar refractivity (Wildman–Crippen MR) is 108 cm³/mol. The molecule has 146 valence electrons. The molecular formula is C23H26N2O3. The van der Waals surface area contributed by atoms with Crippen LogP contribution >= 0.6 is 0 Å². The Morgan fingerprint density at radius 1 is 0.857 bits per heavy atom. The summed E-state index contributed by atoms with van der Waals surface area (Å²) in [6.45, 7) is 2.44. The molecule has 5 nitrogen and oxygen atoms in total. The van der Waals surface area contributed by atoms with Crippen molar-refractivity contribution in [2.75, 3.05) is 0 Å². The molecule has 0 unspecified atom stereocenters. The van der Waals surface area contributed by atoms with E-state index >= 15 is 0 Å². The minimum atomic E-state index is -0.158. The van der Waals surface area contributed by atoms with E-state index in [-0.39, 0.29) is 30.4 Å². The number of benzene rings is 2. The number of carbonyl (C=O) groups excluding carboxylic acids is 3. The number of amides is 2. The standard InChI is InChI=1S/C23H26N2O3/c1-2-16-3-7-18(8-4-16)21(26)13-14-22(27)24-15-17-5-9-19(10-6-17)23(28)25-20-11-12-20/h3-10,20H,2,11-15H2,1H3,(H,24,27)(H,25,28). The first-order valence-corrected chi connectivity index (χ1v) is 9.84. The Kier molecular flexibility index (Phi) is 6.58. The fourth-order valence-electron chi connectivity index (χ4n) is 2.86. The second kappa shape index (κ2) is 9.31. The molecule has 2 aromatic carbocycles. The minimum absolute atomic E-state index is 0.0242. The molecule has 1 aliphatic carbocycles. The third-order valence-corrected chi connectivity index (χ3v) is 4.88. The number of aryl methyl sites for hydroxylation is 1. The van der Waals surface area contributed by atoms with E-state index < -0.39 is 0 Å². The van der Waals surface area contributed by atoms with Gasteiger partial charge in [-0.3, -0.25) is 14.4 Å². The SMILES string of the molecule is CCc1ccc(C(=O)CCC(=O)NCc2ccc(C(=O)NC3CC3)cc2)cc1. The summed E-state index contributed by atoms with van der Waals surface area (Å²) in [5.74, 6) is -0.235. The highest BCUT2D eigenvalue weighted by molar-refractivity contribution is 5.98. The molecule has 5 heteroatoms. The van der Waals surface area contributed by atoms with Gasteiger partial charge in [-0.1, -0.05) is 43.3 Å². The van der Waals surface area contributed by atoms with E-state index in [1.165, 1.54) is 5.56 Å². The van der Waals surface area contributed by atoms with Crippen molar-refractivity contribution in [3.63, 3.8) is 0 Å². The lowest BCUT2D eigenvalue weighted by Gasteiger charge is -2.07. The van der Waals surface area contributed by atoms with E-state index in [1.54, 1.807) is 12.1 Å². The molecule has 1 aliphatic rings. The predicted octanol–water partition coefficient (Wildman–Crippen LogP) is 3.42. The highest BCUT2D eigenvalue weighted by Gasteiger charge is 2.23. The average Bonchev–Trinajstić information content (AvgIpc) is 3.54. The maximum atomic E-state index is 12.2. The quantitative estimate of drug-likeness (QED) is 0.657. The van der Waals surface area contributed by atoms with Crippen LogP contribution in [0.2, 0.25) is 0 Å². The van der Waals surface area contributed by atoms with Gasteiger partial charge < -0.3 is 10.6 Å². The smallest absolute Gasteiger partial charge is 0.251 e. The van der Waals surface area contributed by atoms with Gasteiger partial charge in [0.05, 0.1) is 0 Å². The number of hydrogen-bond acceptors (Lipinski definition) is 3. The summed E-state index contributed by atoms with van der Waals surface area (Å²) < 4.78 is 0. The van der Waals surface area contributed by atoms with E-state index in [9.17, 15) is 14.4 Å². The largest absolute Gasteiger partial charge is 0.352 e. The van der Waals surface area contributed by atoms with Crippen molar-refractivity contribution in [2.24, 2.45) is 0 Å². The van der Waals surface area contributed by atoms with Gasteiger partial charge in [-0.25, -0.2) is 0 Å². The summed E-state index contributed by atoms with van der Waals surface area (Å²) in [5, 5.41) is 5.77. The Morgan fingerprint density at radius 3 is 2.07 bits per heavy atom. The van der Waals surface area contributed by atoms with E-state index in [4.69, 9.17) is 0 Å². The van der Waals surface area contributed by atoms with E-state index in [0.29, 0.717) is 23.7 Å². The third kappa shape index (κ3) is 5.78.